The number of carbonyl (C=O) groups excluding carboxylic acids is 1. The summed E-state index contributed by atoms with van der Waals surface area (Å²) in [6.45, 7) is 5.71. The van der Waals surface area contributed by atoms with Crippen molar-refractivity contribution in [1.29, 1.82) is 0 Å². The molecule has 39 heavy (non-hydrogen) atoms. The van der Waals surface area contributed by atoms with Crippen LogP contribution in [0.15, 0.2) is 34.0 Å². The normalized spacial score (nSPS) is 16.0. The van der Waals surface area contributed by atoms with Gasteiger partial charge in [0.05, 0.1) is 30.1 Å². The minimum Gasteiger partial charge on any atom is -0.496 e. The van der Waals surface area contributed by atoms with Gasteiger partial charge in [0.15, 0.2) is 0 Å². The van der Waals surface area contributed by atoms with Crippen molar-refractivity contribution in [3.05, 3.63) is 57.1 Å². The number of aromatic amines is 1. The van der Waals surface area contributed by atoms with Crippen LogP contribution in [0.1, 0.15) is 53.1 Å². The van der Waals surface area contributed by atoms with Crippen molar-refractivity contribution in [2.75, 3.05) is 33.0 Å². The molecule has 0 saturated carbocycles. The molecule has 2 N–H and O–H groups in total. The van der Waals surface area contributed by atoms with Crippen molar-refractivity contribution in [2.45, 2.75) is 57.3 Å². The van der Waals surface area contributed by atoms with Crippen LogP contribution in [0.2, 0.25) is 0 Å². The lowest BCUT2D eigenvalue weighted by atomic mass is 9.90. The Balaban J connectivity index is 1.65. The van der Waals surface area contributed by atoms with E-state index in [-0.39, 0.29) is 30.0 Å². The number of H-pyrrole nitrogens is 1. The van der Waals surface area contributed by atoms with Crippen molar-refractivity contribution in [3.63, 3.8) is 0 Å². The second kappa shape index (κ2) is 11.7. The Morgan fingerprint density at radius 3 is 2.56 bits per heavy atom. The first-order valence-corrected chi connectivity index (χ1v) is 14.2. The summed E-state index contributed by atoms with van der Waals surface area (Å²) in [6.07, 6.45) is -1.05. The molecule has 1 saturated heterocycles. The lowest BCUT2D eigenvalue weighted by Gasteiger charge is -2.36. The van der Waals surface area contributed by atoms with E-state index in [4.69, 9.17) is 4.74 Å². The molecule has 2 aromatic heterocycles. The number of aromatic nitrogens is 2. The number of pyridine rings is 1. The molecule has 3 heterocycles. The molecule has 1 amide bonds. The van der Waals surface area contributed by atoms with Gasteiger partial charge in [0, 0.05) is 34.4 Å². The smallest absolute Gasteiger partial charge is 0.401 e. The van der Waals surface area contributed by atoms with Crippen molar-refractivity contribution >= 4 is 28.6 Å². The van der Waals surface area contributed by atoms with E-state index < -0.39 is 12.7 Å². The van der Waals surface area contributed by atoms with Gasteiger partial charge in [-0.3, -0.25) is 14.5 Å². The molecule has 1 aliphatic heterocycles. The van der Waals surface area contributed by atoms with E-state index >= 15 is 0 Å². The van der Waals surface area contributed by atoms with Gasteiger partial charge in [0.25, 0.3) is 11.5 Å². The second-order valence-corrected chi connectivity index (χ2v) is 11.0. The standard InChI is InChI=1S/C28H35F3N4O3S/c1-16-13-23(39-5)20(26(36)33-16)14-32-27(37)24-18(3)35(21-7-6-8-22(38-4)25(21)24)17(2)19-9-11-34(12-10-19)15-28(29,30)31/h6-8,13,17,19H,9-12,14-15H2,1-5H3,(H,32,37)(H,33,36)/t17-/m1/s1. The predicted molar refractivity (Wildman–Crippen MR) is 148 cm³/mol. The number of hydrogen-bond donors (Lipinski definition) is 2. The zero-order chi connectivity index (χ0) is 28.5. The summed E-state index contributed by atoms with van der Waals surface area (Å²) < 4.78 is 46.4. The first kappa shape index (κ1) is 29.1. The van der Waals surface area contributed by atoms with Crippen molar-refractivity contribution in [1.82, 2.24) is 19.8 Å². The number of fused-ring (bicyclic) bond motifs is 1. The highest BCUT2D eigenvalue weighted by Gasteiger charge is 2.35. The van der Waals surface area contributed by atoms with E-state index in [0.717, 1.165) is 21.8 Å². The average molecular weight is 565 g/mol. The topological polar surface area (TPSA) is 79.4 Å². The monoisotopic (exact) mass is 564 g/mol. The molecule has 1 fully saturated rings. The molecule has 3 aromatic rings. The Morgan fingerprint density at radius 2 is 1.95 bits per heavy atom. The number of amides is 1. The molecule has 7 nitrogen and oxygen atoms in total. The second-order valence-electron chi connectivity index (χ2n) is 10.2. The van der Waals surface area contributed by atoms with E-state index in [1.807, 2.05) is 38.3 Å². The lowest BCUT2D eigenvalue weighted by molar-refractivity contribution is -0.149. The highest BCUT2D eigenvalue weighted by atomic mass is 32.2. The SMILES string of the molecule is COc1cccc2c1c(C(=O)NCc1c(SC)cc(C)[nH]c1=O)c(C)n2[C@H](C)C1CCN(CC(F)(F)F)CC1. The molecule has 0 radical (unpaired) electrons. The van der Waals surface area contributed by atoms with Gasteiger partial charge in [-0.2, -0.15) is 13.2 Å². The van der Waals surface area contributed by atoms with Crippen LogP contribution in [0.3, 0.4) is 0 Å². The summed E-state index contributed by atoms with van der Waals surface area (Å²) in [4.78, 5) is 31.3. The van der Waals surface area contributed by atoms with Crippen molar-refractivity contribution in [2.24, 2.45) is 5.92 Å². The zero-order valence-electron chi connectivity index (χ0n) is 22.9. The molecule has 1 atom stereocenters. The molecule has 4 rings (SSSR count). The summed E-state index contributed by atoms with van der Waals surface area (Å²) >= 11 is 1.45. The largest absolute Gasteiger partial charge is 0.496 e. The van der Waals surface area contributed by atoms with Crippen LogP contribution in [0.5, 0.6) is 5.75 Å². The Bertz CT molecular complexity index is 1410. The molecule has 1 aliphatic rings. The molecule has 212 valence electrons. The van der Waals surface area contributed by atoms with Crippen LogP contribution in [-0.2, 0) is 6.54 Å². The molecular weight excluding hydrogens is 529 g/mol. The summed E-state index contributed by atoms with van der Waals surface area (Å²) in [7, 11) is 1.56. The van der Waals surface area contributed by atoms with E-state index in [1.165, 1.54) is 16.7 Å². The van der Waals surface area contributed by atoms with Gasteiger partial charge in [-0.15, -0.1) is 11.8 Å². The Hall–Kier alpha value is -2.92. The number of halogens is 3. The molecule has 0 bridgehead atoms. The van der Waals surface area contributed by atoms with Gasteiger partial charge in [-0.1, -0.05) is 6.07 Å². The summed E-state index contributed by atoms with van der Waals surface area (Å²) in [5.74, 6) is 0.394. The summed E-state index contributed by atoms with van der Waals surface area (Å²) in [5.41, 5.74) is 3.07. The quantitative estimate of drug-likeness (QED) is 0.356. The number of alkyl halides is 3. The number of nitrogens with one attached hydrogen (secondary N) is 2. The van der Waals surface area contributed by atoms with Gasteiger partial charge in [0.1, 0.15) is 5.75 Å². The Morgan fingerprint density at radius 1 is 1.26 bits per heavy atom. The number of likely N-dealkylation sites (tertiary alicyclic amines) is 1. The minimum absolute atomic E-state index is 0.0442. The number of thioether (sulfide) groups is 1. The van der Waals surface area contributed by atoms with Gasteiger partial charge in [0.2, 0.25) is 0 Å². The fourth-order valence-corrected chi connectivity index (χ4v) is 6.48. The lowest BCUT2D eigenvalue weighted by Crippen LogP contribution is -2.41. The number of benzene rings is 1. The number of hydrogen-bond acceptors (Lipinski definition) is 5. The van der Waals surface area contributed by atoms with Crippen LogP contribution < -0.4 is 15.6 Å². The number of rotatable bonds is 8. The third-order valence-electron chi connectivity index (χ3n) is 7.68. The zero-order valence-corrected chi connectivity index (χ0v) is 23.7. The number of aryl methyl sites for hydroxylation is 1. The van der Waals surface area contributed by atoms with Crippen molar-refractivity contribution < 1.29 is 22.7 Å². The average Bonchev–Trinajstić information content (AvgIpc) is 3.18. The maximum atomic E-state index is 13.7. The first-order valence-electron chi connectivity index (χ1n) is 13.0. The van der Waals surface area contributed by atoms with E-state index in [2.05, 4.69) is 21.8 Å². The first-order chi connectivity index (χ1) is 18.4. The highest BCUT2D eigenvalue weighted by molar-refractivity contribution is 7.98. The van der Waals surface area contributed by atoms with Crippen LogP contribution >= 0.6 is 11.8 Å². The van der Waals surface area contributed by atoms with Crippen LogP contribution in [-0.4, -0.2) is 59.5 Å². The molecular formula is C28H35F3N4O3S. The number of carbonyl (C=O) groups is 1. The molecule has 0 aliphatic carbocycles. The number of ether oxygens (including phenoxy) is 1. The third kappa shape index (κ3) is 6.14. The van der Waals surface area contributed by atoms with Crippen LogP contribution in [0.4, 0.5) is 13.2 Å². The van der Waals surface area contributed by atoms with Gasteiger partial charge >= 0.3 is 6.18 Å². The maximum absolute atomic E-state index is 13.7. The number of nitrogens with zero attached hydrogens (tertiary/aromatic N) is 2. The fourth-order valence-electron chi connectivity index (χ4n) is 5.78. The summed E-state index contributed by atoms with van der Waals surface area (Å²) in [6, 6.07) is 7.45. The van der Waals surface area contributed by atoms with E-state index in [9.17, 15) is 22.8 Å². The number of piperidine rings is 1. The highest BCUT2D eigenvalue weighted by Crippen LogP contribution is 2.39. The molecule has 11 heteroatoms. The van der Waals surface area contributed by atoms with E-state index in [1.54, 1.807) is 13.2 Å². The molecule has 0 unspecified atom stereocenters. The van der Waals surface area contributed by atoms with Crippen LogP contribution in [0.25, 0.3) is 10.9 Å². The maximum Gasteiger partial charge on any atom is 0.401 e. The summed E-state index contributed by atoms with van der Waals surface area (Å²) in [5, 5.41) is 3.62. The van der Waals surface area contributed by atoms with Crippen LogP contribution in [0, 0.1) is 19.8 Å². The fraction of sp³-hybridized carbons (Fsp3) is 0.500. The van der Waals surface area contributed by atoms with Gasteiger partial charge < -0.3 is 19.6 Å². The number of methoxy groups -OCH3 is 1. The van der Waals surface area contributed by atoms with Gasteiger partial charge in [-0.25, -0.2) is 0 Å². The molecule has 0 spiro atoms. The van der Waals surface area contributed by atoms with E-state index in [0.29, 0.717) is 48.2 Å². The Kier molecular flexibility index (Phi) is 8.70. The minimum atomic E-state index is -4.20. The molecule has 1 aromatic carbocycles. The third-order valence-corrected chi connectivity index (χ3v) is 8.49. The predicted octanol–water partition coefficient (Wildman–Crippen LogP) is 5.44. The van der Waals surface area contributed by atoms with Gasteiger partial charge in [-0.05, 0) is 77.1 Å². The van der Waals surface area contributed by atoms with Crippen molar-refractivity contribution in [3.8, 4) is 5.75 Å². The Labute approximate surface area is 230 Å².